The maximum atomic E-state index is 13.0. The second-order valence-corrected chi connectivity index (χ2v) is 6.86. The lowest BCUT2D eigenvalue weighted by Gasteiger charge is -2.40. The predicted molar refractivity (Wildman–Crippen MR) is 95.5 cm³/mol. The molecule has 0 radical (unpaired) electrons. The summed E-state index contributed by atoms with van der Waals surface area (Å²) >= 11 is 0. The highest BCUT2D eigenvalue weighted by atomic mass is 16.5. The topological polar surface area (TPSA) is 71.2 Å². The number of para-hydroxylation sites is 1. The molecule has 25 heavy (non-hydrogen) atoms. The molecule has 2 heterocycles. The van der Waals surface area contributed by atoms with E-state index in [2.05, 4.69) is 10.3 Å². The summed E-state index contributed by atoms with van der Waals surface area (Å²) in [6.07, 6.45) is 2.99. The lowest BCUT2D eigenvalue weighted by molar-refractivity contribution is -0.148. The van der Waals surface area contributed by atoms with Crippen molar-refractivity contribution in [3.63, 3.8) is 0 Å². The molecular formula is C20H22N2O3. The SMILES string of the molecule is C/C=C1/CN[C@H]2Cc3c([nH]c4ccccc34)C(=O)C[C@@H]1[C@H]2C(=O)OC. The van der Waals surface area contributed by atoms with Crippen LogP contribution >= 0.6 is 0 Å². The first-order valence-corrected chi connectivity index (χ1v) is 8.73. The zero-order valence-corrected chi connectivity index (χ0v) is 14.5. The number of allylic oxidation sites excluding steroid dienone is 1. The number of hydrogen-bond donors (Lipinski definition) is 2. The fraction of sp³-hybridized carbons (Fsp3) is 0.400. The van der Waals surface area contributed by atoms with Crippen molar-refractivity contribution in [2.24, 2.45) is 11.8 Å². The van der Waals surface area contributed by atoms with Gasteiger partial charge in [0.2, 0.25) is 0 Å². The number of carbonyl (C=O) groups excluding carboxylic acids is 2. The van der Waals surface area contributed by atoms with Gasteiger partial charge in [0, 0.05) is 35.8 Å². The first-order chi connectivity index (χ1) is 12.1. The number of hydrogen-bond acceptors (Lipinski definition) is 4. The van der Waals surface area contributed by atoms with E-state index in [1.165, 1.54) is 7.11 Å². The highest BCUT2D eigenvalue weighted by molar-refractivity contribution is 6.03. The Bertz CT molecular complexity index is 880. The summed E-state index contributed by atoms with van der Waals surface area (Å²) in [5, 5.41) is 4.56. The van der Waals surface area contributed by atoms with Crippen molar-refractivity contribution in [2.75, 3.05) is 13.7 Å². The summed E-state index contributed by atoms with van der Waals surface area (Å²) in [5.74, 6) is -0.603. The zero-order valence-electron chi connectivity index (χ0n) is 14.5. The predicted octanol–water partition coefficient (Wildman–Crippen LogP) is 2.62. The summed E-state index contributed by atoms with van der Waals surface area (Å²) in [7, 11) is 1.42. The molecule has 3 atom stereocenters. The molecule has 2 aliphatic rings. The Morgan fingerprint density at radius 1 is 1.28 bits per heavy atom. The van der Waals surface area contributed by atoms with Gasteiger partial charge in [0.25, 0.3) is 0 Å². The number of rotatable bonds is 1. The smallest absolute Gasteiger partial charge is 0.310 e. The van der Waals surface area contributed by atoms with Crippen LogP contribution in [0.1, 0.15) is 29.4 Å². The Labute approximate surface area is 146 Å². The van der Waals surface area contributed by atoms with Gasteiger partial charge in [-0.05, 0) is 25.0 Å². The van der Waals surface area contributed by atoms with Crippen LogP contribution in [0.25, 0.3) is 10.9 Å². The van der Waals surface area contributed by atoms with Gasteiger partial charge in [-0.25, -0.2) is 0 Å². The number of aromatic amines is 1. The number of nitrogens with one attached hydrogen (secondary N) is 2. The molecule has 4 rings (SSSR count). The number of ether oxygens (including phenoxy) is 1. The summed E-state index contributed by atoms with van der Waals surface area (Å²) in [4.78, 5) is 28.8. The lowest BCUT2D eigenvalue weighted by atomic mass is 9.71. The van der Waals surface area contributed by atoms with Gasteiger partial charge in [0.05, 0.1) is 18.7 Å². The molecule has 1 saturated heterocycles. The normalized spacial score (nSPS) is 27.7. The van der Waals surface area contributed by atoms with Crippen LogP contribution in [0, 0.1) is 11.8 Å². The van der Waals surface area contributed by atoms with Crippen LogP contribution < -0.4 is 5.32 Å². The third-order valence-corrected chi connectivity index (χ3v) is 5.68. The number of esters is 1. The van der Waals surface area contributed by atoms with Gasteiger partial charge in [-0.2, -0.15) is 0 Å². The van der Waals surface area contributed by atoms with E-state index in [0.717, 1.165) is 22.0 Å². The maximum absolute atomic E-state index is 13.0. The standard InChI is InChI=1S/C20H22N2O3/c1-3-11-10-21-16-8-14-12-6-4-5-7-15(12)22-19(14)17(23)9-13(11)18(16)20(24)25-2/h3-7,13,16,18,21-22H,8-10H2,1-2H3/b11-3-/t13-,16-,18+/m0/s1. The van der Waals surface area contributed by atoms with Crippen LogP contribution in [0.3, 0.4) is 0 Å². The first-order valence-electron chi connectivity index (χ1n) is 8.73. The number of benzene rings is 1. The summed E-state index contributed by atoms with van der Waals surface area (Å²) in [6.45, 7) is 2.67. The van der Waals surface area contributed by atoms with Crippen molar-refractivity contribution < 1.29 is 14.3 Å². The number of piperidine rings is 1. The molecule has 1 aromatic heterocycles. The molecule has 130 valence electrons. The van der Waals surface area contributed by atoms with E-state index >= 15 is 0 Å². The van der Waals surface area contributed by atoms with Crippen LogP contribution in [0.4, 0.5) is 0 Å². The van der Waals surface area contributed by atoms with Crippen LogP contribution in [0.15, 0.2) is 35.9 Å². The second-order valence-electron chi connectivity index (χ2n) is 6.86. The molecule has 5 heteroatoms. The fourth-order valence-corrected chi connectivity index (χ4v) is 4.43. The van der Waals surface area contributed by atoms with E-state index in [4.69, 9.17) is 4.74 Å². The Morgan fingerprint density at radius 2 is 2.08 bits per heavy atom. The minimum atomic E-state index is -0.337. The van der Waals surface area contributed by atoms with Crippen LogP contribution in [-0.4, -0.2) is 36.4 Å². The summed E-state index contributed by atoms with van der Waals surface area (Å²) in [6, 6.07) is 7.92. The monoisotopic (exact) mass is 338 g/mol. The molecule has 1 aromatic carbocycles. The Hall–Kier alpha value is -2.40. The molecular weight excluding hydrogens is 316 g/mol. The Morgan fingerprint density at radius 3 is 2.84 bits per heavy atom. The van der Waals surface area contributed by atoms with Gasteiger partial charge in [0.1, 0.15) is 0 Å². The quantitative estimate of drug-likeness (QED) is 0.619. The lowest BCUT2D eigenvalue weighted by Crippen LogP contribution is -2.53. The average molecular weight is 338 g/mol. The van der Waals surface area contributed by atoms with Gasteiger partial charge in [-0.3, -0.25) is 9.59 Å². The molecule has 1 aliphatic heterocycles. The third-order valence-electron chi connectivity index (χ3n) is 5.68. The fourth-order valence-electron chi connectivity index (χ4n) is 4.43. The van der Waals surface area contributed by atoms with Crippen molar-refractivity contribution in [1.82, 2.24) is 10.3 Å². The van der Waals surface area contributed by atoms with Gasteiger partial charge in [-0.1, -0.05) is 29.8 Å². The summed E-state index contributed by atoms with van der Waals surface area (Å²) < 4.78 is 5.08. The molecule has 2 aromatic rings. The molecule has 0 saturated carbocycles. The molecule has 0 amide bonds. The number of carbonyl (C=O) groups is 2. The molecule has 1 aliphatic carbocycles. The Balaban J connectivity index is 1.87. The van der Waals surface area contributed by atoms with Crippen LogP contribution in [0.2, 0.25) is 0 Å². The van der Waals surface area contributed by atoms with Crippen LogP contribution in [-0.2, 0) is 16.0 Å². The van der Waals surface area contributed by atoms with E-state index in [-0.39, 0.29) is 29.6 Å². The number of aromatic nitrogens is 1. The van der Waals surface area contributed by atoms with Crippen LogP contribution in [0.5, 0.6) is 0 Å². The number of H-pyrrole nitrogens is 1. The molecule has 1 fully saturated rings. The number of ketones is 1. The van der Waals surface area contributed by atoms with Gasteiger partial charge < -0.3 is 15.0 Å². The first kappa shape index (κ1) is 16.1. The number of Topliss-reactive ketones (excluding diaryl/α,β-unsaturated/α-hetero) is 1. The summed E-state index contributed by atoms with van der Waals surface area (Å²) in [5.41, 5.74) is 3.78. The minimum Gasteiger partial charge on any atom is -0.469 e. The van der Waals surface area contributed by atoms with Gasteiger partial charge in [-0.15, -0.1) is 0 Å². The van der Waals surface area contributed by atoms with E-state index in [0.29, 0.717) is 25.1 Å². The number of methoxy groups -OCH3 is 1. The van der Waals surface area contributed by atoms with E-state index in [9.17, 15) is 9.59 Å². The van der Waals surface area contributed by atoms with Crippen molar-refractivity contribution in [3.05, 3.63) is 47.2 Å². The minimum absolute atomic E-state index is 0.0350. The van der Waals surface area contributed by atoms with Crippen molar-refractivity contribution in [1.29, 1.82) is 0 Å². The Kier molecular flexibility index (Phi) is 3.96. The molecule has 2 bridgehead atoms. The second kappa shape index (κ2) is 6.15. The van der Waals surface area contributed by atoms with E-state index in [1.807, 2.05) is 37.3 Å². The van der Waals surface area contributed by atoms with Gasteiger partial charge >= 0.3 is 5.97 Å². The highest BCUT2D eigenvalue weighted by Crippen LogP contribution is 2.38. The van der Waals surface area contributed by atoms with E-state index in [1.54, 1.807) is 0 Å². The molecule has 0 unspecified atom stereocenters. The highest BCUT2D eigenvalue weighted by Gasteiger charge is 2.44. The third kappa shape index (κ3) is 2.50. The van der Waals surface area contributed by atoms with Crippen molar-refractivity contribution in [3.8, 4) is 0 Å². The molecule has 0 spiro atoms. The number of fused-ring (bicyclic) bond motifs is 5. The van der Waals surface area contributed by atoms with Crippen molar-refractivity contribution >= 4 is 22.7 Å². The zero-order chi connectivity index (χ0) is 17.6. The largest absolute Gasteiger partial charge is 0.469 e. The maximum Gasteiger partial charge on any atom is 0.310 e. The van der Waals surface area contributed by atoms with E-state index < -0.39 is 0 Å². The molecule has 5 nitrogen and oxygen atoms in total. The molecule has 2 N–H and O–H groups in total. The van der Waals surface area contributed by atoms with Crippen molar-refractivity contribution in [2.45, 2.75) is 25.8 Å². The average Bonchev–Trinajstić information content (AvgIpc) is 2.99. The van der Waals surface area contributed by atoms with Gasteiger partial charge in [0.15, 0.2) is 5.78 Å².